The maximum Gasteiger partial charge on any atom is 0.253 e. The van der Waals surface area contributed by atoms with Crippen molar-refractivity contribution in [2.75, 3.05) is 12.3 Å². The molecule has 2 fully saturated rings. The summed E-state index contributed by atoms with van der Waals surface area (Å²) < 4.78 is 5.92. The van der Waals surface area contributed by atoms with Gasteiger partial charge in [0.05, 0.1) is 28.1 Å². The molecule has 29 heavy (non-hydrogen) atoms. The van der Waals surface area contributed by atoms with Crippen LogP contribution >= 0.6 is 11.6 Å². The number of hydrogen-bond acceptors (Lipinski definition) is 5. The van der Waals surface area contributed by atoms with Crippen LogP contribution in [0.4, 0.5) is 5.95 Å². The third kappa shape index (κ3) is 3.98. The van der Waals surface area contributed by atoms with Crippen LogP contribution in [0, 0.1) is 5.92 Å². The standard InChI is InChI=1S/C22H21ClN4O2/c23-18-10-14(3-7-16(18)20(28)25-15-5-6-15)13-4-8-19-17(9-13)21(27-22(24)26-19)29-11-12-1-2-12/h3-4,7-10,12,15H,1-2,5-6,11H2,(H,25,28)(H2,24,26,27). The molecule has 2 aliphatic carbocycles. The summed E-state index contributed by atoms with van der Waals surface area (Å²) in [5.74, 6) is 1.19. The molecule has 3 aromatic rings. The second-order valence-electron chi connectivity index (χ2n) is 7.82. The number of amides is 1. The number of ether oxygens (including phenoxy) is 1. The smallest absolute Gasteiger partial charge is 0.253 e. The number of nitrogens with zero attached hydrogens (tertiary/aromatic N) is 2. The fourth-order valence-corrected chi connectivity index (χ4v) is 3.52. The highest BCUT2D eigenvalue weighted by Gasteiger charge is 2.25. The number of carbonyl (C=O) groups excluding carboxylic acids is 1. The summed E-state index contributed by atoms with van der Waals surface area (Å²) in [6, 6.07) is 11.6. The minimum Gasteiger partial charge on any atom is -0.477 e. The van der Waals surface area contributed by atoms with E-state index in [1.165, 1.54) is 12.8 Å². The lowest BCUT2D eigenvalue weighted by atomic mass is 10.0. The van der Waals surface area contributed by atoms with Crippen molar-refractivity contribution in [3.8, 4) is 17.0 Å². The number of benzene rings is 2. The number of carbonyl (C=O) groups is 1. The molecule has 6 nitrogen and oxygen atoms in total. The Morgan fingerprint density at radius 2 is 1.86 bits per heavy atom. The molecule has 1 amide bonds. The Morgan fingerprint density at radius 3 is 2.59 bits per heavy atom. The van der Waals surface area contributed by atoms with Crippen molar-refractivity contribution in [1.82, 2.24) is 15.3 Å². The highest BCUT2D eigenvalue weighted by Crippen LogP contribution is 2.34. The van der Waals surface area contributed by atoms with Gasteiger partial charge in [-0.15, -0.1) is 0 Å². The fourth-order valence-electron chi connectivity index (χ4n) is 3.26. The SMILES string of the molecule is Nc1nc(OCC2CC2)c2cc(-c3ccc(C(=O)NC4CC4)c(Cl)c3)ccc2n1. The molecule has 7 heteroatoms. The van der Waals surface area contributed by atoms with Crippen molar-refractivity contribution in [3.63, 3.8) is 0 Å². The number of rotatable bonds is 6. The Kier molecular flexibility index (Phi) is 4.51. The van der Waals surface area contributed by atoms with Gasteiger partial charge in [-0.3, -0.25) is 4.79 Å². The molecule has 5 rings (SSSR count). The van der Waals surface area contributed by atoms with Gasteiger partial charge in [0.1, 0.15) is 0 Å². The van der Waals surface area contributed by atoms with Crippen LogP contribution in [0.25, 0.3) is 22.0 Å². The number of anilines is 1. The van der Waals surface area contributed by atoms with Gasteiger partial charge in [0.15, 0.2) is 0 Å². The normalized spacial score (nSPS) is 16.0. The maximum atomic E-state index is 12.3. The van der Waals surface area contributed by atoms with Crippen molar-refractivity contribution in [1.29, 1.82) is 0 Å². The minimum atomic E-state index is -0.123. The quantitative estimate of drug-likeness (QED) is 0.637. The van der Waals surface area contributed by atoms with Crippen LogP contribution in [-0.2, 0) is 0 Å². The molecule has 0 spiro atoms. The highest BCUT2D eigenvalue weighted by molar-refractivity contribution is 6.34. The average molecular weight is 409 g/mol. The molecule has 2 aromatic carbocycles. The summed E-state index contributed by atoms with van der Waals surface area (Å²) in [6.45, 7) is 0.645. The van der Waals surface area contributed by atoms with Crippen molar-refractivity contribution >= 4 is 34.4 Å². The predicted octanol–water partition coefficient (Wildman–Crippen LogP) is 4.21. The molecule has 0 saturated heterocycles. The number of hydrogen-bond donors (Lipinski definition) is 2. The number of nitrogens with one attached hydrogen (secondary N) is 1. The molecule has 2 aliphatic rings. The van der Waals surface area contributed by atoms with E-state index in [-0.39, 0.29) is 11.9 Å². The first kappa shape index (κ1) is 18.2. The first-order valence-electron chi connectivity index (χ1n) is 9.87. The summed E-state index contributed by atoms with van der Waals surface area (Å²) in [4.78, 5) is 20.9. The topological polar surface area (TPSA) is 90.1 Å². The van der Waals surface area contributed by atoms with Gasteiger partial charge in [0.25, 0.3) is 5.91 Å². The zero-order valence-electron chi connectivity index (χ0n) is 15.8. The molecule has 0 aliphatic heterocycles. The fraction of sp³-hybridized carbons (Fsp3) is 0.318. The van der Waals surface area contributed by atoms with E-state index in [1.807, 2.05) is 30.3 Å². The molecular formula is C22H21ClN4O2. The van der Waals surface area contributed by atoms with E-state index in [2.05, 4.69) is 15.3 Å². The average Bonchev–Trinajstić information content (AvgIpc) is 3.61. The molecular weight excluding hydrogens is 388 g/mol. The Morgan fingerprint density at radius 1 is 1.10 bits per heavy atom. The second kappa shape index (κ2) is 7.19. The monoisotopic (exact) mass is 408 g/mol. The van der Waals surface area contributed by atoms with Gasteiger partial charge in [-0.05, 0) is 67.0 Å². The van der Waals surface area contributed by atoms with E-state index in [4.69, 9.17) is 22.1 Å². The summed E-state index contributed by atoms with van der Waals surface area (Å²) in [6.07, 6.45) is 4.47. The molecule has 0 bridgehead atoms. The van der Waals surface area contributed by atoms with Gasteiger partial charge in [-0.2, -0.15) is 4.98 Å². The summed E-state index contributed by atoms with van der Waals surface area (Å²) in [5.41, 5.74) is 8.92. The second-order valence-corrected chi connectivity index (χ2v) is 8.22. The Bertz CT molecular complexity index is 1110. The molecule has 3 N–H and O–H groups in total. The molecule has 1 aromatic heterocycles. The van der Waals surface area contributed by atoms with Gasteiger partial charge in [0, 0.05) is 6.04 Å². The molecule has 0 atom stereocenters. The lowest BCUT2D eigenvalue weighted by Gasteiger charge is -2.11. The molecule has 0 radical (unpaired) electrons. The van der Waals surface area contributed by atoms with Crippen molar-refractivity contribution in [2.45, 2.75) is 31.7 Å². The number of nitrogen functional groups attached to an aromatic ring is 1. The third-order valence-electron chi connectivity index (χ3n) is 5.29. The van der Waals surface area contributed by atoms with Crippen LogP contribution in [0.5, 0.6) is 5.88 Å². The lowest BCUT2D eigenvalue weighted by Crippen LogP contribution is -2.25. The molecule has 148 valence electrons. The Labute approximate surface area is 173 Å². The van der Waals surface area contributed by atoms with Gasteiger partial charge >= 0.3 is 0 Å². The van der Waals surface area contributed by atoms with E-state index >= 15 is 0 Å². The zero-order chi connectivity index (χ0) is 20.0. The van der Waals surface area contributed by atoms with Gasteiger partial charge in [-0.1, -0.05) is 23.7 Å². The van der Waals surface area contributed by atoms with E-state index in [1.54, 1.807) is 6.07 Å². The van der Waals surface area contributed by atoms with E-state index in [0.29, 0.717) is 35.0 Å². The van der Waals surface area contributed by atoms with Crippen LogP contribution in [0.1, 0.15) is 36.0 Å². The van der Waals surface area contributed by atoms with Crippen LogP contribution in [0.15, 0.2) is 36.4 Å². The van der Waals surface area contributed by atoms with Crippen LogP contribution in [0.3, 0.4) is 0 Å². The summed E-state index contributed by atoms with van der Waals surface area (Å²) >= 11 is 6.41. The molecule has 2 saturated carbocycles. The van der Waals surface area contributed by atoms with Gasteiger partial charge in [0.2, 0.25) is 11.8 Å². The molecule has 1 heterocycles. The largest absolute Gasteiger partial charge is 0.477 e. The van der Waals surface area contributed by atoms with Crippen LogP contribution in [-0.4, -0.2) is 28.5 Å². The van der Waals surface area contributed by atoms with Crippen molar-refractivity contribution in [3.05, 3.63) is 47.0 Å². The Balaban J connectivity index is 1.47. The number of nitrogens with two attached hydrogens (primary N) is 1. The third-order valence-corrected chi connectivity index (χ3v) is 5.60. The first-order valence-corrected chi connectivity index (χ1v) is 10.3. The summed E-state index contributed by atoms with van der Waals surface area (Å²) in [7, 11) is 0. The number of halogens is 1. The van der Waals surface area contributed by atoms with E-state index in [9.17, 15) is 4.79 Å². The number of aromatic nitrogens is 2. The van der Waals surface area contributed by atoms with Gasteiger partial charge in [-0.25, -0.2) is 4.98 Å². The van der Waals surface area contributed by atoms with E-state index < -0.39 is 0 Å². The van der Waals surface area contributed by atoms with Crippen molar-refractivity contribution in [2.24, 2.45) is 5.92 Å². The minimum absolute atomic E-state index is 0.123. The van der Waals surface area contributed by atoms with Crippen LogP contribution in [0.2, 0.25) is 5.02 Å². The molecule has 0 unspecified atom stereocenters. The predicted molar refractivity (Wildman–Crippen MR) is 113 cm³/mol. The number of fused-ring (bicyclic) bond motifs is 1. The maximum absolute atomic E-state index is 12.3. The zero-order valence-corrected chi connectivity index (χ0v) is 16.6. The van der Waals surface area contributed by atoms with Crippen molar-refractivity contribution < 1.29 is 9.53 Å². The van der Waals surface area contributed by atoms with Crippen LogP contribution < -0.4 is 15.8 Å². The van der Waals surface area contributed by atoms with E-state index in [0.717, 1.165) is 34.9 Å². The first-order chi connectivity index (χ1) is 14.1. The highest BCUT2D eigenvalue weighted by atomic mass is 35.5. The van der Waals surface area contributed by atoms with Gasteiger partial charge < -0.3 is 15.8 Å². The lowest BCUT2D eigenvalue weighted by molar-refractivity contribution is 0.0951. The summed E-state index contributed by atoms with van der Waals surface area (Å²) in [5, 5.41) is 4.21. The Hall–Kier alpha value is -2.86.